The Morgan fingerprint density at radius 2 is 1.18 bits per heavy atom. The third-order valence-corrected chi connectivity index (χ3v) is 9.87. The van der Waals surface area contributed by atoms with E-state index in [9.17, 15) is 0 Å². The van der Waals surface area contributed by atoms with Crippen LogP contribution in [0.25, 0.3) is 72.1 Å². The van der Waals surface area contributed by atoms with Crippen molar-refractivity contribution in [3.63, 3.8) is 0 Å². The van der Waals surface area contributed by atoms with E-state index in [0.29, 0.717) is 5.95 Å². The number of hydrogen-bond acceptors (Lipinski definition) is 2. The molecular formula is C45H36N4. The van der Waals surface area contributed by atoms with Gasteiger partial charge in [-0.2, -0.15) is 0 Å². The number of aromatic nitrogens is 4. The molecule has 0 bridgehead atoms. The first kappa shape index (κ1) is 29.2. The Labute approximate surface area is 286 Å². The lowest BCUT2D eigenvalue weighted by Gasteiger charge is -2.14. The van der Waals surface area contributed by atoms with E-state index in [4.69, 9.17) is 9.97 Å². The minimum atomic E-state index is 0.662. The van der Waals surface area contributed by atoms with Crippen molar-refractivity contribution in [3.05, 3.63) is 162 Å². The van der Waals surface area contributed by atoms with Crippen LogP contribution in [0.3, 0.4) is 0 Å². The second-order valence-electron chi connectivity index (χ2n) is 12.8. The maximum atomic E-state index is 5.39. The number of hydrogen-bond donors (Lipinski definition) is 0. The second-order valence-corrected chi connectivity index (χ2v) is 12.8. The van der Waals surface area contributed by atoms with Crippen LogP contribution in [0.2, 0.25) is 0 Å². The highest BCUT2D eigenvalue weighted by Gasteiger charge is 2.23. The lowest BCUT2D eigenvalue weighted by Crippen LogP contribution is -2.06. The monoisotopic (exact) mass is 632 g/mol. The Kier molecular flexibility index (Phi) is 7.09. The van der Waals surface area contributed by atoms with E-state index in [-0.39, 0.29) is 0 Å². The molecule has 0 fully saturated rings. The summed E-state index contributed by atoms with van der Waals surface area (Å²) in [5.41, 5.74) is 12.3. The standard InChI is InChI=1S/C45H36N4/c1-3-30-21-25-41-37(27-30)35-23-24-36-38-28-31(4-2)22-26-42(38)49(44(36)43(35)48(41)34-19-13-8-14-20-34)45-46-39(32-15-9-5-6-10-16-32)29-40(47-45)33-17-11-7-12-18-33/h5,7-29H,3-4,6H2,1-2H3. The highest BCUT2D eigenvalue weighted by atomic mass is 15.2. The van der Waals surface area contributed by atoms with Crippen molar-refractivity contribution in [3.8, 4) is 22.9 Å². The number of allylic oxidation sites excluding steroid dienone is 6. The highest BCUT2D eigenvalue weighted by molar-refractivity contribution is 6.23. The number of nitrogens with zero attached hydrogens (tertiary/aromatic N) is 4. The molecule has 5 aromatic carbocycles. The molecule has 8 aromatic rings. The fourth-order valence-corrected chi connectivity index (χ4v) is 7.38. The van der Waals surface area contributed by atoms with E-state index in [2.05, 4.69) is 169 Å². The Bertz CT molecular complexity index is 2630. The third-order valence-electron chi connectivity index (χ3n) is 9.87. The van der Waals surface area contributed by atoms with Crippen LogP contribution < -0.4 is 0 Å². The van der Waals surface area contributed by atoms with Gasteiger partial charge in [0.25, 0.3) is 0 Å². The van der Waals surface area contributed by atoms with E-state index >= 15 is 0 Å². The van der Waals surface area contributed by atoms with Gasteiger partial charge in [0.1, 0.15) is 0 Å². The fourth-order valence-electron chi connectivity index (χ4n) is 7.38. The molecule has 0 saturated carbocycles. The quantitative estimate of drug-likeness (QED) is 0.183. The number of aryl methyl sites for hydroxylation is 2. The molecular weight excluding hydrogens is 597 g/mol. The smallest absolute Gasteiger partial charge is 0.235 e. The molecule has 0 radical (unpaired) electrons. The molecule has 1 aliphatic carbocycles. The number of benzene rings is 5. The Balaban J connectivity index is 1.47. The second kappa shape index (κ2) is 11.9. The Hall–Kier alpha value is -6.00. The van der Waals surface area contributed by atoms with Gasteiger partial charge in [0.2, 0.25) is 5.95 Å². The van der Waals surface area contributed by atoms with Crippen LogP contribution in [-0.4, -0.2) is 19.1 Å². The molecule has 3 heterocycles. The van der Waals surface area contributed by atoms with Crippen molar-refractivity contribution < 1.29 is 0 Å². The van der Waals surface area contributed by atoms with E-state index in [1.165, 1.54) is 38.2 Å². The lowest BCUT2D eigenvalue weighted by molar-refractivity contribution is 0.982. The van der Waals surface area contributed by atoms with Gasteiger partial charge in [0.05, 0.1) is 33.5 Å². The van der Waals surface area contributed by atoms with Crippen molar-refractivity contribution in [1.82, 2.24) is 19.1 Å². The number of para-hydroxylation sites is 1. The zero-order valence-corrected chi connectivity index (χ0v) is 27.8. The molecule has 0 aliphatic heterocycles. The van der Waals surface area contributed by atoms with Gasteiger partial charge in [-0.05, 0) is 72.9 Å². The first-order valence-electron chi connectivity index (χ1n) is 17.3. The zero-order chi connectivity index (χ0) is 32.9. The minimum absolute atomic E-state index is 0.662. The van der Waals surface area contributed by atoms with Crippen LogP contribution in [0.4, 0.5) is 0 Å². The topological polar surface area (TPSA) is 35.6 Å². The van der Waals surface area contributed by atoms with Gasteiger partial charge in [-0.15, -0.1) is 0 Å². The summed E-state index contributed by atoms with van der Waals surface area (Å²) in [7, 11) is 0. The number of fused-ring (bicyclic) bond motifs is 7. The van der Waals surface area contributed by atoms with E-state index in [1.54, 1.807) is 0 Å². The minimum Gasteiger partial charge on any atom is -0.307 e. The molecule has 0 saturated heterocycles. The molecule has 0 spiro atoms. The van der Waals surface area contributed by atoms with Gasteiger partial charge in [-0.3, -0.25) is 4.57 Å². The van der Waals surface area contributed by atoms with Crippen molar-refractivity contribution in [2.24, 2.45) is 0 Å². The van der Waals surface area contributed by atoms with Gasteiger partial charge in [-0.25, -0.2) is 9.97 Å². The molecule has 9 rings (SSSR count). The van der Waals surface area contributed by atoms with Gasteiger partial charge in [0, 0.05) is 38.4 Å². The van der Waals surface area contributed by atoms with E-state index in [0.717, 1.165) is 64.0 Å². The molecule has 0 atom stereocenters. The summed E-state index contributed by atoms with van der Waals surface area (Å²) in [5.74, 6) is 0.662. The summed E-state index contributed by atoms with van der Waals surface area (Å²) in [6.45, 7) is 4.45. The lowest BCUT2D eigenvalue weighted by atomic mass is 10.0. The van der Waals surface area contributed by atoms with Crippen LogP contribution in [0, 0.1) is 0 Å². The average molecular weight is 633 g/mol. The molecule has 0 N–H and O–H groups in total. The Morgan fingerprint density at radius 1 is 0.571 bits per heavy atom. The summed E-state index contributed by atoms with van der Waals surface area (Å²) < 4.78 is 4.75. The summed E-state index contributed by atoms with van der Waals surface area (Å²) in [6, 6.07) is 41.7. The Morgan fingerprint density at radius 3 is 1.86 bits per heavy atom. The highest BCUT2D eigenvalue weighted by Crippen LogP contribution is 2.42. The van der Waals surface area contributed by atoms with Gasteiger partial charge in [-0.1, -0.05) is 117 Å². The maximum Gasteiger partial charge on any atom is 0.235 e. The zero-order valence-electron chi connectivity index (χ0n) is 27.8. The molecule has 3 aromatic heterocycles. The van der Waals surface area contributed by atoms with Crippen molar-refractivity contribution >= 4 is 49.2 Å². The molecule has 236 valence electrons. The van der Waals surface area contributed by atoms with E-state index < -0.39 is 0 Å². The molecule has 0 amide bonds. The fraction of sp³-hybridized carbons (Fsp3) is 0.111. The van der Waals surface area contributed by atoms with Crippen LogP contribution in [0.5, 0.6) is 0 Å². The van der Waals surface area contributed by atoms with Gasteiger partial charge >= 0.3 is 0 Å². The largest absolute Gasteiger partial charge is 0.307 e. The number of rotatable bonds is 6. The normalized spacial score (nSPS) is 13.1. The summed E-state index contributed by atoms with van der Waals surface area (Å²) in [5, 5.41) is 4.88. The van der Waals surface area contributed by atoms with Crippen LogP contribution in [0.1, 0.15) is 37.1 Å². The van der Waals surface area contributed by atoms with Crippen LogP contribution in [-0.2, 0) is 12.8 Å². The summed E-state index contributed by atoms with van der Waals surface area (Å²) in [4.78, 5) is 10.8. The summed E-state index contributed by atoms with van der Waals surface area (Å²) in [6.07, 6.45) is 13.7. The van der Waals surface area contributed by atoms with Crippen molar-refractivity contribution in [2.45, 2.75) is 33.1 Å². The predicted octanol–water partition coefficient (Wildman–Crippen LogP) is 11.4. The van der Waals surface area contributed by atoms with Crippen LogP contribution >= 0.6 is 0 Å². The molecule has 1 aliphatic rings. The van der Waals surface area contributed by atoms with Gasteiger partial charge < -0.3 is 4.57 Å². The molecule has 4 nitrogen and oxygen atoms in total. The predicted molar refractivity (Wildman–Crippen MR) is 206 cm³/mol. The molecule has 0 unspecified atom stereocenters. The maximum absolute atomic E-state index is 5.39. The first-order valence-corrected chi connectivity index (χ1v) is 17.3. The molecule has 4 heteroatoms. The van der Waals surface area contributed by atoms with Crippen molar-refractivity contribution in [1.29, 1.82) is 0 Å². The summed E-state index contributed by atoms with van der Waals surface area (Å²) >= 11 is 0. The van der Waals surface area contributed by atoms with Gasteiger partial charge in [0.15, 0.2) is 0 Å². The van der Waals surface area contributed by atoms with Crippen LogP contribution in [0.15, 0.2) is 146 Å². The third kappa shape index (κ3) is 4.83. The average Bonchev–Trinajstić information content (AvgIpc) is 3.52. The SMILES string of the molecule is CCc1ccc2c(c1)c1ccc3c4cc(CC)ccc4n(-c4nc(C5=CC=CCC=C5)cc(-c5ccccc5)n4)c3c1n2-c1ccccc1. The first-order chi connectivity index (χ1) is 24.2. The van der Waals surface area contributed by atoms with E-state index in [1.807, 2.05) is 0 Å². The van der Waals surface area contributed by atoms with Crippen molar-refractivity contribution in [2.75, 3.05) is 0 Å². The molecule has 49 heavy (non-hydrogen) atoms.